The molecule has 0 bridgehead atoms. The Balaban J connectivity index is 1.42. The highest BCUT2D eigenvalue weighted by Gasteiger charge is 2.24. The van der Waals surface area contributed by atoms with Crippen LogP contribution in [0.15, 0.2) is 77.4 Å². The van der Waals surface area contributed by atoms with E-state index >= 15 is 0 Å². The molecule has 1 aliphatic rings. The van der Waals surface area contributed by atoms with Gasteiger partial charge < -0.3 is 18.9 Å². The van der Waals surface area contributed by atoms with Crippen LogP contribution in [-0.2, 0) is 9.53 Å². The minimum absolute atomic E-state index is 0.0888. The fraction of sp³-hybridized carbons (Fsp3) is 0.154. The molecule has 0 aliphatic carbocycles. The molecule has 4 rings (SSSR count). The Morgan fingerprint density at radius 1 is 0.971 bits per heavy atom. The molecule has 3 aromatic carbocycles. The summed E-state index contributed by atoms with van der Waals surface area (Å²) in [6.45, 7) is 0.809. The molecule has 34 heavy (non-hydrogen) atoms. The average molecular weight is 482 g/mol. The summed E-state index contributed by atoms with van der Waals surface area (Å²) in [5.41, 5.74) is 1.16. The molecule has 8 heteroatoms. The SMILES string of the molecule is COc1ccccc1OCCCOc1ccc(Cl)cc1C=C1N=C(c2ccc(F)cc2)OC1=O. The van der Waals surface area contributed by atoms with E-state index in [-0.39, 0.29) is 11.6 Å². The van der Waals surface area contributed by atoms with Gasteiger partial charge in [-0.25, -0.2) is 14.2 Å². The molecule has 0 aromatic heterocycles. The van der Waals surface area contributed by atoms with E-state index in [0.29, 0.717) is 53.0 Å². The molecule has 0 radical (unpaired) electrons. The topological polar surface area (TPSA) is 66.3 Å². The van der Waals surface area contributed by atoms with Gasteiger partial charge in [0.25, 0.3) is 0 Å². The van der Waals surface area contributed by atoms with Crippen molar-refractivity contribution < 1.29 is 28.1 Å². The first-order chi connectivity index (χ1) is 16.5. The van der Waals surface area contributed by atoms with Crippen LogP contribution in [0.5, 0.6) is 17.2 Å². The molecular weight excluding hydrogens is 461 g/mol. The summed E-state index contributed by atoms with van der Waals surface area (Å²) in [5.74, 6) is 0.964. The van der Waals surface area contributed by atoms with Crippen LogP contribution in [0, 0.1) is 5.82 Å². The van der Waals surface area contributed by atoms with Crippen LogP contribution in [0.4, 0.5) is 4.39 Å². The molecule has 0 unspecified atom stereocenters. The first-order valence-electron chi connectivity index (χ1n) is 10.5. The molecule has 3 aromatic rings. The second-order valence-electron chi connectivity index (χ2n) is 7.23. The number of aliphatic imine (C=N–C) groups is 1. The first kappa shape index (κ1) is 23.3. The van der Waals surface area contributed by atoms with Crippen LogP contribution in [0.3, 0.4) is 0 Å². The number of esters is 1. The first-order valence-corrected chi connectivity index (χ1v) is 10.9. The Hall–Kier alpha value is -3.84. The van der Waals surface area contributed by atoms with E-state index in [9.17, 15) is 9.18 Å². The summed E-state index contributed by atoms with van der Waals surface area (Å²) in [6.07, 6.45) is 2.16. The lowest BCUT2D eigenvalue weighted by atomic mass is 10.1. The van der Waals surface area contributed by atoms with Gasteiger partial charge in [-0.2, -0.15) is 0 Å². The van der Waals surface area contributed by atoms with Crippen molar-refractivity contribution in [1.29, 1.82) is 0 Å². The van der Waals surface area contributed by atoms with Crippen LogP contribution in [0.2, 0.25) is 5.02 Å². The van der Waals surface area contributed by atoms with Gasteiger partial charge in [-0.15, -0.1) is 0 Å². The Bertz CT molecular complexity index is 1240. The number of para-hydroxylation sites is 2. The second-order valence-corrected chi connectivity index (χ2v) is 7.66. The number of carbonyl (C=O) groups excluding carboxylic acids is 1. The zero-order valence-corrected chi connectivity index (χ0v) is 19.0. The van der Waals surface area contributed by atoms with E-state index in [1.54, 1.807) is 31.4 Å². The molecule has 1 aliphatic heterocycles. The lowest BCUT2D eigenvalue weighted by molar-refractivity contribution is -0.129. The van der Waals surface area contributed by atoms with Gasteiger partial charge in [-0.05, 0) is 60.7 Å². The molecule has 174 valence electrons. The van der Waals surface area contributed by atoms with Gasteiger partial charge in [0.05, 0.1) is 20.3 Å². The lowest BCUT2D eigenvalue weighted by Crippen LogP contribution is -2.06. The second kappa shape index (κ2) is 10.9. The van der Waals surface area contributed by atoms with Gasteiger partial charge in [0.15, 0.2) is 17.2 Å². The maximum Gasteiger partial charge on any atom is 0.363 e. The van der Waals surface area contributed by atoms with E-state index in [1.165, 1.54) is 24.3 Å². The van der Waals surface area contributed by atoms with Crippen molar-refractivity contribution in [3.05, 3.63) is 94.4 Å². The predicted octanol–water partition coefficient (Wildman–Crippen LogP) is 5.68. The van der Waals surface area contributed by atoms with Gasteiger partial charge >= 0.3 is 5.97 Å². The fourth-order valence-electron chi connectivity index (χ4n) is 3.20. The zero-order valence-electron chi connectivity index (χ0n) is 18.3. The monoisotopic (exact) mass is 481 g/mol. The smallest absolute Gasteiger partial charge is 0.363 e. The van der Waals surface area contributed by atoms with Crippen molar-refractivity contribution in [2.45, 2.75) is 6.42 Å². The number of ether oxygens (including phenoxy) is 4. The maximum atomic E-state index is 13.2. The molecule has 0 fully saturated rings. The van der Waals surface area contributed by atoms with E-state index < -0.39 is 11.8 Å². The third-order valence-corrected chi connectivity index (χ3v) is 5.08. The quantitative estimate of drug-likeness (QED) is 0.223. The summed E-state index contributed by atoms with van der Waals surface area (Å²) in [6, 6.07) is 18.0. The summed E-state index contributed by atoms with van der Waals surface area (Å²) in [7, 11) is 1.59. The molecule has 0 atom stereocenters. The third kappa shape index (κ3) is 5.74. The number of nitrogens with zero attached hydrogens (tertiary/aromatic N) is 1. The van der Waals surface area contributed by atoms with Crippen LogP contribution < -0.4 is 14.2 Å². The molecule has 6 nitrogen and oxygen atoms in total. The van der Waals surface area contributed by atoms with Gasteiger partial charge in [-0.1, -0.05) is 23.7 Å². The number of hydrogen-bond donors (Lipinski definition) is 0. The zero-order chi connectivity index (χ0) is 23.9. The van der Waals surface area contributed by atoms with Crippen molar-refractivity contribution in [3.8, 4) is 17.2 Å². The predicted molar refractivity (Wildman–Crippen MR) is 127 cm³/mol. The van der Waals surface area contributed by atoms with Crippen molar-refractivity contribution >= 4 is 29.5 Å². The van der Waals surface area contributed by atoms with Gasteiger partial charge in [-0.3, -0.25) is 0 Å². The molecule has 0 spiro atoms. The Kier molecular flexibility index (Phi) is 7.44. The third-order valence-electron chi connectivity index (χ3n) is 4.85. The van der Waals surface area contributed by atoms with Crippen LogP contribution in [-0.4, -0.2) is 32.2 Å². The molecule has 0 amide bonds. The minimum atomic E-state index is -0.615. The number of benzene rings is 3. The standard InChI is InChI=1S/C26H21ClFNO5/c1-31-23-5-2-3-6-24(23)33-14-4-13-32-22-12-9-19(27)15-18(22)16-21-26(30)34-25(29-21)17-7-10-20(28)11-8-17/h2-3,5-12,15-16H,4,13-14H2,1H3. The van der Waals surface area contributed by atoms with Gasteiger partial charge in [0.2, 0.25) is 5.90 Å². The minimum Gasteiger partial charge on any atom is -0.493 e. The number of cyclic esters (lactones) is 1. The summed E-state index contributed by atoms with van der Waals surface area (Å²) in [5, 5.41) is 0.479. The number of methoxy groups -OCH3 is 1. The van der Waals surface area contributed by atoms with Crippen LogP contribution >= 0.6 is 11.6 Å². The highest BCUT2D eigenvalue weighted by atomic mass is 35.5. The van der Waals surface area contributed by atoms with E-state index in [2.05, 4.69) is 4.99 Å². The van der Waals surface area contributed by atoms with Crippen molar-refractivity contribution in [3.63, 3.8) is 0 Å². The van der Waals surface area contributed by atoms with Crippen molar-refractivity contribution in [1.82, 2.24) is 0 Å². The Labute approximate surface area is 201 Å². The number of carbonyl (C=O) groups is 1. The number of halogens is 2. The van der Waals surface area contributed by atoms with Gasteiger partial charge in [0, 0.05) is 22.6 Å². The highest BCUT2D eigenvalue weighted by molar-refractivity contribution is 6.30. The van der Waals surface area contributed by atoms with E-state index in [4.69, 9.17) is 30.5 Å². The van der Waals surface area contributed by atoms with E-state index in [0.717, 1.165) is 0 Å². The van der Waals surface area contributed by atoms with Crippen LogP contribution in [0.1, 0.15) is 17.5 Å². The lowest BCUT2D eigenvalue weighted by Gasteiger charge is -2.12. The van der Waals surface area contributed by atoms with Crippen molar-refractivity contribution in [2.24, 2.45) is 4.99 Å². The molecule has 0 N–H and O–H groups in total. The summed E-state index contributed by atoms with van der Waals surface area (Å²) < 4.78 is 35.3. The largest absolute Gasteiger partial charge is 0.493 e. The Morgan fingerprint density at radius 3 is 2.41 bits per heavy atom. The number of hydrogen-bond acceptors (Lipinski definition) is 6. The number of rotatable bonds is 9. The summed E-state index contributed by atoms with van der Waals surface area (Å²) in [4.78, 5) is 16.6. The maximum absolute atomic E-state index is 13.2. The highest BCUT2D eigenvalue weighted by Crippen LogP contribution is 2.28. The molecular formula is C26H21ClFNO5. The summed E-state index contributed by atoms with van der Waals surface area (Å²) >= 11 is 6.15. The van der Waals surface area contributed by atoms with E-state index in [1.807, 2.05) is 24.3 Å². The average Bonchev–Trinajstić information content (AvgIpc) is 3.20. The fourth-order valence-corrected chi connectivity index (χ4v) is 3.38. The molecule has 1 heterocycles. The Morgan fingerprint density at radius 2 is 1.68 bits per heavy atom. The molecule has 0 saturated carbocycles. The van der Waals surface area contributed by atoms with Crippen molar-refractivity contribution in [2.75, 3.05) is 20.3 Å². The molecule has 0 saturated heterocycles. The van der Waals surface area contributed by atoms with Gasteiger partial charge in [0.1, 0.15) is 11.6 Å². The van der Waals surface area contributed by atoms with Crippen LogP contribution in [0.25, 0.3) is 6.08 Å². The normalized spacial score (nSPS) is 14.0.